The van der Waals surface area contributed by atoms with Gasteiger partial charge < -0.3 is 14.5 Å². The van der Waals surface area contributed by atoms with E-state index in [1.807, 2.05) is 0 Å². The topological polar surface area (TPSA) is 106 Å². The first kappa shape index (κ1) is 21.0. The van der Waals surface area contributed by atoms with Gasteiger partial charge in [0.05, 0.1) is 29.5 Å². The Morgan fingerprint density at radius 3 is 2.47 bits per heavy atom. The third kappa shape index (κ3) is 4.13. The Kier molecular flexibility index (Phi) is 5.55. The lowest BCUT2D eigenvalue weighted by molar-refractivity contribution is -0.123. The number of anilines is 1. The van der Waals surface area contributed by atoms with Gasteiger partial charge in [-0.3, -0.25) is 19.3 Å². The smallest absolute Gasteiger partial charge is 0.338 e. The van der Waals surface area contributed by atoms with Crippen molar-refractivity contribution in [2.24, 2.45) is 0 Å². The Morgan fingerprint density at radius 2 is 1.78 bits per heavy atom. The van der Waals surface area contributed by atoms with Crippen LogP contribution in [0.4, 0.5) is 10.1 Å². The van der Waals surface area contributed by atoms with Gasteiger partial charge in [-0.1, -0.05) is 0 Å². The number of carbonyl (C=O) groups is 4. The molecule has 0 spiro atoms. The Hall–Kier alpha value is -4.27. The molecule has 9 heteroatoms. The molecule has 1 atom stereocenters. The second kappa shape index (κ2) is 8.46. The van der Waals surface area contributed by atoms with Crippen LogP contribution in [0.2, 0.25) is 0 Å². The van der Waals surface area contributed by atoms with Gasteiger partial charge in [-0.2, -0.15) is 0 Å². The number of rotatable bonds is 6. The number of hydrogen-bond acceptors (Lipinski definition) is 6. The predicted molar refractivity (Wildman–Crippen MR) is 109 cm³/mol. The average molecular weight is 436 g/mol. The van der Waals surface area contributed by atoms with Crippen LogP contribution in [0.3, 0.4) is 0 Å². The molecule has 3 amide bonds. The Labute approximate surface area is 181 Å². The zero-order valence-electron chi connectivity index (χ0n) is 16.8. The molecular formula is C23H17FN2O6. The Bertz CT molecular complexity index is 1200. The summed E-state index contributed by atoms with van der Waals surface area (Å²) in [4.78, 5) is 51.0. The third-order valence-electron chi connectivity index (χ3n) is 4.87. The number of amides is 3. The van der Waals surface area contributed by atoms with Gasteiger partial charge in [0, 0.05) is 5.69 Å². The van der Waals surface area contributed by atoms with Crippen LogP contribution >= 0.6 is 0 Å². The van der Waals surface area contributed by atoms with Crippen molar-refractivity contribution >= 4 is 29.4 Å². The quantitative estimate of drug-likeness (QED) is 0.469. The van der Waals surface area contributed by atoms with Gasteiger partial charge >= 0.3 is 5.97 Å². The summed E-state index contributed by atoms with van der Waals surface area (Å²) in [6, 6.07) is 12.4. The molecule has 3 aromatic rings. The molecule has 162 valence electrons. The van der Waals surface area contributed by atoms with Crippen LogP contribution in [-0.2, 0) is 16.1 Å². The van der Waals surface area contributed by atoms with Crippen molar-refractivity contribution < 1.29 is 32.7 Å². The highest BCUT2D eigenvalue weighted by molar-refractivity contribution is 6.21. The van der Waals surface area contributed by atoms with Crippen molar-refractivity contribution in [2.45, 2.75) is 19.6 Å². The lowest BCUT2D eigenvalue weighted by Crippen LogP contribution is -2.30. The maximum Gasteiger partial charge on any atom is 0.338 e. The highest BCUT2D eigenvalue weighted by Gasteiger charge is 2.36. The Morgan fingerprint density at radius 1 is 1.06 bits per heavy atom. The lowest BCUT2D eigenvalue weighted by Gasteiger charge is -2.14. The molecule has 4 rings (SSSR count). The van der Waals surface area contributed by atoms with Gasteiger partial charge in [-0.05, 0) is 61.5 Å². The number of nitrogens with one attached hydrogen (secondary N) is 1. The molecule has 0 aliphatic carbocycles. The highest BCUT2D eigenvalue weighted by atomic mass is 19.1. The molecule has 0 radical (unpaired) electrons. The molecule has 1 aromatic heterocycles. The van der Waals surface area contributed by atoms with E-state index in [0.29, 0.717) is 11.4 Å². The molecule has 8 nitrogen and oxygen atoms in total. The first-order chi connectivity index (χ1) is 15.3. The van der Waals surface area contributed by atoms with E-state index in [0.717, 1.165) is 4.90 Å². The van der Waals surface area contributed by atoms with Crippen LogP contribution in [0.15, 0.2) is 65.3 Å². The number of fused-ring (bicyclic) bond motifs is 1. The first-order valence-electron chi connectivity index (χ1n) is 9.63. The maximum atomic E-state index is 13.0. The zero-order chi connectivity index (χ0) is 22.8. The normalized spacial score (nSPS) is 13.6. The maximum absolute atomic E-state index is 13.0. The average Bonchev–Trinajstić information content (AvgIpc) is 3.38. The van der Waals surface area contributed by atoms with Gasteiger partial charge in [0.1, 0.15) is 11.6 Å². The number of furan rings is 1. The van der Waals surface area contributed by atoms with Crippen molar-refractivity contribution in [1.82, 2.24) is 4.90 Å². The number of halogens is 1. The number of imide groups is 1. The number of ether oxygens (including phenoxy) is 1. The van der Waals surface area contributed by atoms with Gasteiger partial charge in [0.15, 0.2) is 6.10 Å². The van der Waals surface area contributed by atoms with E-state index in [4.69, 9.17) is 9.15 Å². The number of nitrogens with zero attached hydrogens (tertiary/aromatic N) is 1. The fourth-order valence-corrected chi connectivity index (χ4v) is 3.18. The second-order valence-electron chi connectivity index (χ2n) is 7.08. The SMILES string of the molecule is C[C@@H](OC(=O)c1ccc2c(c1)C(=O)N(Cc1ccco1)C2=O)C(=O)Nc1ccc(F)cc1. The fourth-order valence-electron chi connectivity index (χ4n) is 3.18. The molecule has 0 unspecified atom stereocenters. The van der Waals surface area contributed by atoms with Crippen molar-refractivity contribution in [1.29, 1.82) is 0 Å². The van der Waals surface area contributed by atoms with E-state index < -0.39 is 35.6 Å². The first-order valence-corrected chi connectivity index (χ1v) is 9.63. The van der Waals surface area contributed by atoms with Gasteiger partial charge in [0.2, 0.25) is 0 Å². The molecule has 0 bridgehead atoms. The summed E-state index contributed by atoms with van der Waals surface area (Å²) in [6.45, 7) is 1.35. The second-order valence-corrected chi connectivity index (χ2v) is 7.08. The van der Waals surface area contributed by atoms with E-state index >= 15 is 0 Å². The standard InChI is InChI=1S/C23H17FN2O6/c1-13(20(27)25-16-7-5-15(24)6-8-16)32-23(30)14-4-9-18-19(11-14)22(29)26(21(18)28)12-17-3-2-10-31-17/h2-11,13H,12H2,1H3,(H,25,27)/t13-/m1/s1. The highest BCUT2D eigenvalue weighted by Crippen LogP contribution is 2.26. The molecule has 0 saturated carbocycles. The van der Waals surface area contributed by atoms with Gasteiger partial charge in [0.25, 0.3) is 17.7 Å². The summed E-state index contributed by atoms with van der Waals surface area (Å²) in [5.41, 5.74) is 0.600. The van der Waals surface area contributed by atoms with E-state index in [1.165, 1.54) is 55.7 Å². The minimum atomic E-state index is -1.16. The van der Waals surface area contributed by atoms with Crippen molar-refractivity contribution in [3.63, 3.8) is 0 Å². The molecule has 1 aliphatic rings. The van der Waals surface area contributed by atoms with Gasteiger partial charge in [-0.15, -0.1) is 0 Å². The minimum Gasteiger partial charge on any atom is -0.467 e. The zero-order valence-corrected chi connectivity index (χ0v) is 16.8. The summed E-state index contributed by atoms with van der Waals surface area (Å²) in [6.07, 6.45) is 0.281. The predicted octanol–water partition coefficient (Wildman–Crippen LogP) is 3.40. The van der Waals surface area contributed by atoms with Crippen molar-refractivity contribution in [3.05, 3.63) is 89.1 Å². The summed E-state index contributed by atoms with van der Waals surface area (Å²) in [5, 5.41) is 2.51. The molecular weight excluding hydrogens is 419 g/mol. The number of hydrogen-bond donors (Lipinski definition) is 1. The molecule has 0 fully saturated rings. The molecule has 1 aliphatic heterocycles. The molecule has 0 saturated heterocycles. The molecule has 2 heterocycles. The lowest BCUT2D eigenvalue weighted by atomic mass is 10.1. The van der Waals surface area contributed by atoms with E-state index in [1.54, 1.807) is 12.1 Å². The van der Waals surface area contributed by atoms with Crippen molar-refractivity contribution in [3.8, 4) is 0 Å². The van der Waals surface area contributed by atoms with Crippen LogP contribution in [0.1, 0.15) is 43.8 Å². The van der Waals surface area contributed by atoms with Crippen LogP contribution < -0.4 is 5.32 Å². The summed E-state index contributed by atoms with van der Waals surface area (Å²) < 4.78 is 23.3. The molecule has 32 heavy (non-hydrogen) atoms. The Balaban J connectivity index is 1.44. The van der Waals surface area contributed by atoms with E-state index in [-0.39, 0.29) is 23.2 Å². The largest absolute Gasteiger partial charge is 0.467 e. The van der Waals surface area contributed by atoms with E-state index in [9.17, 15) is 23.6 Å². The van der Waals surface area contributed by atoms with Crippen LogP contribution in [-0.4, -0.2) is 34.7 Å². The summed E-state index contributed by atoms with van der Waals surface area (Å²) >= 11 is 0. The number of benzene rings is 2. The number of carbonyl (C=O) groups excluding carboxylic acids is 4. The van der Waals surface area contributed by atoms with Crippen molar-refractivity contribution in [2.75, 3.05) is 5.32 Å². The third-order valence-corrected chi connectivity index (χ3v) is 4.87. The molecule has 2 aromatic carbocycles. The fraction of sp³-hybridized carbons (Fsp3) is 0.130. The monoisotopic (exact) mass is 436 g/mol. The summed E-state index contributed by atoms with van der Waals surface area (Å²) in [5.74, 6) is -2.50. The summed E-state index contributed by atoms with van der Waals surface area (Å²) in [7, 11) is 0. The van der Waals surface area contributed by atoms with E-state index in [2.05, 4.69) is 5.32 Å². The van der Waals surface area contributed by atoms with Gasteiger partial charge in [-0.25, -0.2) is 9.18 Å². The van der Waals surface area contributed by atoms with Crippen LogP contribution in [0.5, 0.6) is 0 Å². The molecule has 1 N–H and O–H groups in total. The minimum absolute atomic E-state index is 0.0196. The van der Waals surface area contributed by atoms with Crippen LogP contribution in [0, 0.1) is 5.82 Å². The number of esters is 1. The van der Waals surface area contributed by atoms with Crippen LogP contribution in [0.25, 0.3) is 0 Å².